The van der Waals surface area contributed by atoms with Gasteiger partial charge in [0.25, 0.3) is 0 Å². The molecule has 2 heterocycles. The molecule has 0 aliphatic carbocycles. The van der Waals surface area contributed by atoms with Gasteiger partial charge in [0, 0.05) is 39.3 Å². The van der Waals surface area contributed by atoms with Gasteiger partial charge in [-0.3, -0.25) is 9.69 Å². The number of allylic oxidation sites excluding steroid dienone is 1. The van der Waals surface area contributed by atoms with Crippen LogP contribution in [0.25, 0.3) is 6.08 Å². The summed E-state index contributed by atoms with van der Waals surface area (Å²) in [7, 11) is 0. The number of fused-ring (bicyclic) bond motifs is 2. The van der Waals surface area contributed by atoms with Crippen LogP contribution in [0.3, 0.4) is 0 Å². The first-order valence-electron chi connectivity index (χ1n) is 8.78. The van der Waals surface area contributed by atoms with Gasteiger partial charge in [0.2, 0.25) is 5.78 Å². The Hall–Kier alpha value is -2.01. The van der Waals surface area contributed by atoms with E-state index in [1.165, 1.54) is 0 Å². The first-order valence-corrected chi connectivity index (χ1v) is 9.54. The fourth-order valence-electron chi connectivity index (χ4n) is 3.38. The molecule has 0 fully saturated rings. The van der Waals surface area contributed by atoms with E-state index in [2.05, 4.69) is 18.7 Å². The van der Waals surface area contributed by atoms with Gasteiger partial charge in [-0.25, -0.2) is 0 Å². The molecule has 0 amide bonds. The van der Waals surface area contributed by atoms with Crippen molar-refractivity contribution in [3.63, 3.8) is 0 Å². The molecule has 4 nitrogen and oxygen atoms in total. The number of Topliss-reactive ketones (excluding diaryl/α,β-unsaturated/α-hetero) is 1. The summed E-state index contributed by atoms with van der Waals surface area (Å²) in [5.74, 6) is 1.39. The Morgan fingerprint density at radius 2 is 1.89 bits per heavy atom. The molecule has 0 bridgehead atoms. The second kappa shape index (κ2) is 6.86. The minimum Gasteiger partial charge on any atom is -0.477 e. The molecule has 2 aliphatic rings. The van der Waals surface area contributed by atoms with E-state index in [1.54, 1.807) is 24.3 Å². The molecule has 0 unspecified atom stereocenters. The van der Waals surface area contributed by atoms with E-state index in [-0.39, 0.29) is 11.5 Å². The number of rotatable bonds is 2. The number of hydrogen-bond acceptors (Lipinski definition) is 4. The predicted octanol–water partition coefficient (Wildman–Crippen LogP) is 5.48. The molecule has 0 spiro atoms. The topological polar surface area (TPSA) is 38.8 Å². The third kappa shape index (κ3) is 3.12. The van der Waals surface area contributed by atoms with E-state index < -0.39 is 0 Å². The van der Waals surface area contributed by atoms with Crippen molar-refractivity contribution >= 4 is 35.1 Å². The van der Waals surface area contributed by atoms with Crippen molar-refractivity contribution in [2.45, 2.75) is 33.4 Å². The number of benzene rings is 2. The standard InChI is InChI=1S/C21H19Cl2NO3/c1-11(2)24-9-13-7-15-19(25)18(8-14-16(22)5-4-6-17(14)23)27-21(15)12(3)20(13)26-10-24/h4-8,11H,9-10H2,1-3H3/b18-8-. The van der Waals surface area contributed by atoms with E-state index >= 15 is 0 Å². The van der Waals surface area contributed by atoms with Crippen molar-refractivity contribution in [2.24, 2.45) is 0 Å². The fraction of sp³-hybridized carbons (Fsp3) is 0.286. The molecule has 2 aliphatic heterocycles. The van der Waals surface area contributed by atoms with Gasteiger partial charge < -0.3 is 9.47 Å². The third-order valence-electron chi connectivity index (χ3n) is 4.97. The molecule has 27 heavy (non-hydrogen) atoms. The van der Waals surface area contributed by atoms with Crippen LogP contribution in [0.15, 0.2) is 30.0 Å². The molecule has 0 radical (unpaired) electrons. The zero-order valence-electron chi connectivity index (χ0n) is 15.3. The second-order valence-corrected chi connectivity index (χ2v) is 7.87. The highest BCUT2D eigenvalue weighted by atomic mass is 35.5. The molecule has 6 heteroatoms. The number of ether oxygens (including phenoxy) is 2. The van der Waals surface area contributed by atoms with Gasteiger partial charge in [-0.2, -0.15) is 0 Å². The van der Waals surface area contributed by atoms with E-state index in [9.17, 15) is 4.79 Å². The third-order valence-corrected chi connectivity index (χ3v) is 5.63. The van der Waals surface area contributed by atoms with Gasteiger partial charge in [0.15, 0.2) is 5.76 Å². The minimum atomic E-state index is -0.173. The summed E-state index contributed by atoms with van der Waals surface area (Å²) in [6, 6.07) is 7.45. The van der Waals surface area contributed by atoms with Gasteiger partial charge in [-0.15, -0.1) is 0 Å². The highest BCUT2D eigenvalue weighted by molar-refractivity contribution is 6.37. The van der Waals surface area contributed by atoms with Crippen LogP contribution in [0.5, 0.6) is 11.5 Å². The van der Waals surface area contributed by atoms with Crippen LogP contribution < -0.4 is 9.47 Å². The number of carbonyl (C=O) groups is 1. The SMILES string of the molecule is Cc1c2c(cc3c1O/C(=C\c1c(Cl)cccc1Cl)C3=O)CN(C(C)C)CO2. The van der Waals surface area contributed by atoms with Crippen molar-refractivity contribution in [1.82, 2.24) is 4.90 Å². The molecule has 0 saturated carbocycles. The Bertz CT molecular complexity index is 962. The van der Waals surface area contributed by atoms with Crippen LogP contribution in [0.4, 0.5) is 0 Å². The number of halogens is 2. The first kappa shape index (κ1) is 18.4. The highest BCUT2D eigenvalue weighted by Gasteiger charge is 2.34. The molecule has 0 aromatic heterocycles. The average Bonchev–Trinajstić information content (AvgIpc) is 2.94. The molecule has 0 N–H and O–H groups in total. The summed E-state index contributed by atoms with van der Waals surface area (Å²) in [5.41, 5.74) is 2.96. The normalized spacial score (nSPS) is 17.7. The molecule has 0 saturated heterocycles. The number of nitrogens with zero attached hydrogens (tertiary/aromatic N) is 1. The highest BCUT2D eigenvalue weighted by Crippen LogP contribution is 2.43. The summed E-state index contributed by atoms with van der Waals surface area (Å²) in [5, 5.41) is 0.934. The van der Waals surface area contributed by atoms with Crippen LogP contribution >= 0.6 is 23.2 Å². The molecular weight excluding hydrogens is 385 g/mol. The Morgan fingerprint density at radius 1 is 1.19 bits per heavy atom. The molecule has 2 aromatic rings. The summed E-state index contributed by atoms with van der Waals surface area (Å²) in [6.07, 6.45) is 1.60. The van der Waals surface area contributed by atoms with Crippen molar-refractivity contribution in [1.29, 1.82) is 0 Å². The maximum absolute atomic E-state index is 12.9. The van der Waals surface area contributed by atoms with Crippen LogP contribution in [0.2, 0.25) is 10.0 Å². The summed E-state index contributed by atoms with van der Waals surface area (Å²) < 4.78 is 11.9. The lowest BCUT2D eigenvalue weighted by Gasteiger charge is -2.32. The fourth-order valence-corrected chi connectivity index (χ4v) is 3.88. The van der Waals surface area contributed by atoms with Crippen molar-refractivity contribution in [3.05, 3.63) is 62.3 Å². The van der Waals surface area contributed by atoms with Crippen LogP contribution in [-0.4, -0.2) is 23.5 Å². The van der Waals surface area contributed by atoms with Crippen LogP contribution in [-0.2, 0) is 6.54 Å². The lowest BCUT2D eigenvalue weighted by atomic mass is 9.99. The van der Waals surface area contributed by atoms with Crippen molar-refractivity contribution < 1.29 is 14.3 Å². The maximum atomic E-state index is 12.9. The monoisotopic (exact) mass is 403 g/mol. The van der Waals surface area contributed by atoms with Gasteiger partial charge >= 0.3 is 0 Å². The van der Waals surface area contributed by atoms with Crippen LogP contribution in [0.1, 0.15) is 40.9 Å². The molecule has 2 aromatic carbocycles. The van der Waals surface area contributed by atoms with Gasteiger partial charge in [-0.05, 0) is 45.0 Å². The van der Waals surface area contributed by atoms with Crippen molar-refractivity contribution in [3.8, 4) is 11.5 Å². The lowest BCUT2D eigenvalue weighted by Crippen LogP contribution is -2.37. The molecule has 140 valence electrons. The molecule has 0 atom stereocenters. The zero-order valence-corrected chi connectivity index (χ0v) is 16.8. The smallest absolute Gasteiger partial charge is 0.231 e. The Labute approximate surface area is 168 Å². The summed E-state index contributed by atoms with van der Waals surface area (Å²) in [6.45, 7) is 7.43. The largest absolute Gasteiger partial charge is 0.477 e. The van der Waals surface area contributed by atoms with E-state index in [4.69, 9.17) is 32.7 Å². The van der Waals surface area contributed by atoms with Gasteiger partial charge in [0.1, 0.15) is 18.2 Å². The zero-order chi connectivity index (χ0) is 19.3. The Kier molecular flexibility index (Phi) is 4.66. The van der Waals surface area contributed by atoms with E-state index in [0.29, 0.717) is 39.7 Å². The van der Waals surface area contributed by atoms with Gasteiger partial charge in [-0.1, -0.05) is 29.3 Å². The number of carbonyl (C=O) groups excluding carboxylic acids is 1. The number of ketones is 1. The first-order chi connectivity index (χ1) is 12.9. The molecular formula is C21H19Cl2NO3. The van der Waals surface area contributed by atoms with Crippen molar-refractivity contribution in [2.75, 3.05) is 6.73 Å². The quantitative estimate of drug-likeness (QED) is 0.622. The Morgan fingerprint density at radius 3 is 2.56 bits per heavy atom. The van der Waals surface area contributed by atoms with E-state index in [1.807, 2.05) is 13.0 Å². The van der Waals surface area contributed by atoms with Crippen LogP contribution in [0, 0.1) is 6.92 Å². The average molecular weight is 404 g/mol. The predicted molar refractivity (Wildman–Crippen MR) is 107 cm³/mol. The lowest BCUT2D eigenvalue weighted by molar-refractivity contribution is 0.0678. The number of hydrogen-bond donors (Lipinski definition) is 0. The summed E-state index contributed by atoms with van der Waals surface area (Å²) >= 11 is 12.5. The Balaban J connectivity index is 1.75. The summed E-state index contributed by atoms with van der Waals surface area (Å²) in [4.78, 5) is 15.1. The van der Waals surface area contributed by atoms with E-state index in [0.717, 1.165) is 23.4 Å². The maximum Gasteiger partial charge on any atom is 0.231 e. The van der Waals surface area contributed by atoms with Gasteiger partial charge in [0.05, 0.1) is 5.56 Å². The minimum absolute atomic E-state index is 0.173. The molecule has 4 rings (SSSR count). The second-order valence-electron chi connectivity index (χ2n) is 7.06.